The number of rotatable bonds is 4. The van der Waals surface area contributed by atoms with Crippen LogP contribution in [0.3, 0.4) is 0 Å². The number of hydrogen-bond acceptors (Lipinski definition) is 4. The molecule has 0 bridgehead atoms. The summed E-state index contributed by atoms with van der Waals surface area (Å²) in [4.78, 5) is 0. The molecule has 3 N–H and O–H groups in total. The summed E-state index contributed by atoms with van der Waals surface area (Å²) in [6, 6.07) is 7.58. The lowest BCUT2D eigenvalue weighted by atomic mass is 10.0. The van der Waals surface area contributed by atoms with Crippen LogP contribution in [0.2, 0.25) is 0 Å². The van der Waals surface area contributed by atoms with E-state index >= 15 is 0 Å². The average molecular weight is 233 g/mol. The fourth-order valence-electron chi connectivity index (χ4n) is 1.69. The number of benzene rings is 1. The summed E-state index contributed by atoms with van der Waals surface area (Å²) in [5.74, 6) is 1.25. The minimum atomic E-state index is 0.464. The first-order chi connectivity index (χ1) is 8.24. The molecule has 90 valence electrons. The van der Waals surface area contributed by atoms with E-state index in [9.17, 15) is 0 Å². The van der Waals surface area contributed by atoms with E-state index in [-0.39, 0.29) is 0 Å². The van der Waals surface area contributed by atoms with Gasteiger partial charge in [0.25, 0.3) is 0 Å². The zero-order valence-corrected chi connectivity index (χ0v) is 9.86. The summed E-state index contributed by atoms with van der Waals surface area (Å²) in [5.41, 5.74) is 8.50. The maximum atomic E-state index is 5.61. The van der Waals surface area contributed by atoms with E-state index in [2.05, 4.69) is 10.2 Å². The predicted molar refractivity (Wildman–Crippen MR) is 65.7 cm³/mol. The molecule has 1 heterocycles. The van der Waals surface area contributed by atoms with Crippen molar-refractivity contribution in [1.82, 2.24) is 10.2 Å². The van der Waals surface area contributed by atoms with Crippen molar-refractivity contribution in [2.24, 2.45) is 0 Å². The summed E-state index contributed by atoms with van der Waals surface area (Å²) < 4.78 is 10.4. The summed E-state index contributed by atoms with van der Waals surface area (Å²) in [5, 5.41) is 6.81. The Bertz CT molecular complexity index is 508. The topological polar surface area (TPSA) is 73.2 Å². The average Bonchev–Trinajstić information content (AvgIpc) is 2.77. The van der Waals surface area contributed by atoms with Crippen LogP contribution in [-0.4, -0.2) is 24.4 Å². The molecule has 1 aromatic heterocycles. The Kier molecular flexibility index (Phi) is 3.30. The molecule has 2 aromatic rings. The number of anilines is 1. The molecule has 0 saturated heterocycles. The molecule has 0 unspecified atom stereocenters. The van der Waals surface area contributed by atoms with Crippen LogP contribution in [0, 0.1) is 0 Å². The molecule has 17 heavy (non-hydrogen) atoms. The standard InChI is InChI=1S/C12H15N3O2/c1-16-7-8-3-4-9(17-2)5-10(8)11-6-12(13)15-14-11/h3-6H,7H2,1-2H3,(H3,13,14,15). The van der Waals surface area contributed by atoms with Gasteiger partial charge >= 0.3 is 0 Å². The first-order valence-electron chi connectivity index (χ1n) is 5.21. The third-order valence-corrected chi connectivity index (χ3v) is 2.50. The molecule has 0 radical (unpaired) electrons. The van der Waals surface area contributed by atoms with Gasteiger partial charge in [-0.2, -0.15) is 5.10 Å². The number of nitrogen functional groups attached to an aromatic ring is 1. The number of nitrogens with zero attached hydrogens (tertiary/aromatic N) is 1. The van der Waals surface area contributed by atoms with Crippen molar-refractivity contribution in [2.75, 3.05) is 20.0 Å². The van der Waals surface area contributed by atoms with Gasteiger partial charge in [0.05, 0.1) is 19.4 Å². The molecule has 0 aliphatic rings. The third kappa shape index (κ3) is 2.39. The van der Waals surface area contributed by atoms with Gasteiger partial charge in [0.1, 0.15) is 11.6 Å². The summed E-state index contributed by atoms with van der Waals surface area (Å²) >= 11 is 0. The normalized spacial score (nSPS) is 10.5. The van der Waals surface area contributed by atoms with Crippen LogP contribution in [0.4, 0.5) is 5.82 Å². The highest BCUT2D eigenvalue weighted by atomic mass is 16.5. The van der Waals surface area contributed by atoms with Gasteiger partial charge in [-0.05, 0) is 17.7 Å². The zero-order chi connectivity index (χ0) is 12.3. The van der Waals surface area contributed by atoms with E-state index in [0.29, 0.717) is 12.4 Å². The smallest absolute Gasteiger partial charge is 0.145 e. The molecular formula is C12H15N3O2. The van der Waals surface area contributed by atoms with Gasteiger partial charge in [-0.1, -0.05) is 6.07 Å². The SMILES string of the molecule is COCc1ccc(OC)cc1-c1cc(N)n[nH]1. The van der Waals surface area contributed by atoms with E-state index < -0.39 is 0 Å². The predicted octanol–water partition coefficient (Wildman–Crippen LogP) is 1.81. The van der Waals surface area contributed by atoms with Crippen molar-refractivity contribution in [3.63, 3.8) is 0 Å². The molecule has 0 aliphatic heterocycles. The van der Waals surface area contributed by atoms with Crippen LogP contribution in [0.15, 0.2) is 24.3 Å². The Morgan fingerprint density at radius 1 is 1.29 bits per heavy atom. The number of ether oxygens (including phenoxy) is 2. The van der Waals surface area contributed by atoms with Crippen LogP contribution in [0.5, 0.6) is 5.75 Å². The minimum Gasteiger partial charge on any atom is -0.497 e. The lowest BCUT2D eigenvalue weighted by molar-refractivity contribution is 0.185. The van der Waals surface area contributed by atoms with Crippen LogP contribution in [0.1, 0.15) is 5.56 Å². The van der Waals surface area contributed by atoms with E-state index in [1.165, 1.54) is 0 Å². The Balaban J connectivity index is 2.48. The number of hydrogen-bond donors (Lipinski definition) is 2. The molecule has 2 rings (SSSR count). The highest BCUT2D eigenvalue weighted by Gasteiger charge is 2.09. The van der Waals surface area contributed by atoms with E-state index in [0.717, 1.165) is 22.6 Å². The summed E-state index contributed by atoms with van der Waals surface area (Å²) in [7, 11) is 3.30. The van der Waals surface area contributed by atoms with E-state index in [4.69, 9.17) is 15.2 Å². The van der Waals surface area contributed by atoms with Crippen LogP contribution in [-0.2, 0) is 11.3 Å². The fraction of sp³-hybridized carbons (Fsp3) is 0.250. The third-order valence-electron chi connectivity index (χ3n) is 2.50. The largest absolute Gasteiger partial charge is 0.497 e. The molecule has 0 fully saturated rings. The Labute approximate surface area is 99.5 Å². The maximum Gasteiger partial charge on any atom is 0.145 e. The number of aromatic nitrogens is 2. The molecular weight excluding hydrogens is 218 g/mol. The lowest BCUT2D eigenvalue weighted by Gasteiger charge is -2.09. The number of methoxy groups -OCH3 is 2. The van der Waals surface area contributed by atoms with Crippen molar-refractivity contribution in [2.45, 2.75) is 6.61 Å². The minimum absolute atomic E-state index is 0.464. The van der Waals surface area contributed by atoms with Gasteiger partial charge in [-0.15, -0.1) is 0 Å². The first kappa shape index (κ1) is 11.5. The molecule has 0 spiro atoms. The highest BCUT2D eigenvalue weighted by molar-refractivity contribution is 5.67. The maximum absolute atomic E-state index is 5.61. The zero-order valence-electron chi connectivity index (χ0n) is 9.86. The van der Waals surface area contributed by atoms with Gasteiger partial charge in [-0.3, -0.25) is 5.10 Å². The number of nitrogens with two attached hydrogens (primary N) is 1. The molecule has 1 aromatic carbocycles. The lowest BCUT2D eigenvalue weighted by Crippen LogP contribution is -1.94. The van der Waals surface area contributed by atoms with Crippen molar-refractivity contribution >= 4 is 5.82 Å². The molecule has 0 saturated carbocycles. The molecule has 0 atom stereocenters. The monoisotopic (exact) mass is 233 g/mol. The fourth-order valence-corrected chi connectivity index (χ4v) is 1.69. The van der Waals surface area contributed by atoms with Gasteiger partial charge in [0, 0.05) is 18.7 Å². The van der Waals surface area contributed by atoms with Crippen molar-refractivity contribution in [3.05, 3.63) is 29.8 Å². The second-order valence-electron chi connectivity index (χ2n) is 3.66. The van der Waals surface area contributed by atoms with Crippen LogP contribution in [0.25, 0.3) is 11.3 Å². The number of H-pyrrole nitrogens is 1. The molecule has 5 heteroatoms. The molecule has 0 aliphatic carbocycles. The molecule has 0 amide bonds. The van der Waals surface area contributed by atoms with Gasteiger partial charge in [0.15, 0.2) is 0 Å². The van der Waals surface area contributed by atoms with Crippen molar-refractivity contribution in [3.8, 4) is 17.0 Å². The summed E-state index contributed by atoms with van der Waals surface area (Å²) in [6.07, 6.45) is 0. The Morgan fingerprint density at radius 2 is 2.12 bits per heavy atom. The van der Waals surface area contributed by atoms with E-state index in [1.807, 2.05) is 18.2 Å². The van der Waals surface area contributed by atoms with Gasteiger partial charge < -0.3 is 15.2 Å². The van der Waals surface area contributed by atoms with Gasteiger partial charge in [0.2, 0.25) is 0 Å². The highest BCUT2D eigenvalue weighted by Crippen LogP contribution is 2.28. The first-order valence-corrected chi connectivity index (χ1v) is 5.21. The van der Waals surface area contributed by atoms with Crippen molar-refractivity contribution < 1.29 is 9.47 Å². The number of aromatic amines is 1. The Hall–Kier alpha value is -2.01. The second kappa shape index (κ2) is 4.88. The van der Waals surface area contributed by atoms with Crippen LogP contribution < -0.4 is 10.5 Å². The quantitative estimate of drug-likeness (QED) is 0.844. The van der Waals surface area contributed by atoms with E-state index in [1.54, 1.807) is 20.3 Å². The number of nitrogens with one attached hydrogen (secondary N) is 1. The van der Waals surface area contributed by atoms with Crippen LogP contribution >= 0.6 is 0 Å². The molecule has 5 nitrogen and oxygen atoms in total. The van der Waals surface area contributed by atoms with Crippen molar-refractivity contribution in [1.29, 1.82) is 0 Å². The Morgan fingerprint density at radius 3 is 2.71 bits per heavy atom. The summed E-state index contributed by atoms with van der Waals surface area (Å²) in [6.45, 7) is 0.526. The second-order valence-corrected chi connectivity index (χ2v) is 3.66. The van der Waals surface area contributed by atoms with Gasteiger partial charge in [-0.25, -0.2) is 0 Å².